The lowest BCUT2D eigenvalue weighted by Crippen LogP contribution is -2.21. The molecule has 0 saturated carbocycles. The zero-order valence-electron chi connectivity index (χ0n) is 18.1. The normalized spacial score (nSPS) is 10.7. The summed E-state index contributed by atoms with van der Waals surface area (Å²) in [7, 11) is 0. The second-order valence-electron chi connectivity index (χ2n) is 7.25. The lowest BCUT2D eigenvalue weighted by molar-refractivity contribution is -0.118. The number of para-hydroxylation sites is 2. The smallest absolute Gasteiger partial charge is 0.262 e. The molecule has 1 amide bonds. The Kier molecular flexibility index (Phi) is 6.56. The van der Waals surface area contributed by atoms with E-state index in [1.54, 1.807) is 17.8 Å². The molecule has 1 N–H and O–H groups in total. The Hall–Kier alpha value is -3.58. The second kappa shape index (κ2) is 9.70. The molecule has 0 radical (unpaired) electrons. The number of anilines is 1. The standard InChI is InChI=1S/C25H23N3O3S/c1-16-7-6-8-17(2)23(16)26-22(29)15-30-21-10-5-4-9-20(21)25-27-24(28-31-25)18-11-13-19(32-3)14-12-18/h4-14H,15H2,1-3H3,(H,26,29). The molecule has 0 saturated heterocycles. The predicted octanol–water partition coefficient (Wildman–Crippen LogP) is 5.76. The van der Waals surface area contributed by atoms with Gasteiger partial charge in [0.15, 0.2) is 6.61 Å². The number of aryl methyl sites for hydroxylation is 2. The molecule has 0 aliphatic rings. The molecule has 0 aliphatic heterocycles. The van der Waals surface area contributed by atoms with Crippen LogP contribution in [0.15, 0.2) is 76.1 Å². The fourth-order valence-corrected chi connectivity index (χ4v) is 3.70. The van der Waals surface area contributed by atoms with Gasteiger partial charge in [-0.25, -0.2) is 0 Å². The summed E-state index contributed by atoms with van der Waals surface area (Å²) in [6, 6.07) is 21.1. The van der Waals surface area contributed by atoms with Crippen LogP contribution in [-0.2, 0) is 4.79 Å². The van der Waals surface area contributed by atoms with Crippen LogP contribution in [0.1, 0.15) is 11.1 Å². The van der Waals surface area contributed by atoms with Gasteiger partial charge < -0.3 is 14.6 Å². The number of hydrogen-bond donors (Lipinski definition) is 1. The fourth-order valence-electron chi connectivity index (χ4n) is 3.29. The topological polar surface area (TPSA) is 77.2 Å². The quantitative estimate of drug-likeness (QED) is 0.365. The molecule has 0 spiro atoms. The number of benzene rings is 3. The number of rotatable bonds is 7. The van der Waals surface area contributed by atoms with Gasteiger partial charge in [0.1, 0.15) is 5.75 Å². The van der Waals surface area contributed by atoms with E-state index in [2.05, 4.69) is 15.5 Å². The molecule has 6 nitrogen and oxygen atoms in total. The summed E-state index contributed by atoms with van der Waals surface area (Å²) in [5.41, 5.74) is 4.31. The predicted molar refractivity (Wildman–Crippen MR) is 127 cm³/mol. The van der Waals surface area contributed by atoms with Crippen molar-refractivity contribution in [1.82, 2.24) is 10.1 Å². The van der Waals surface area contributed by atoms with E-state index in [4.69, 9.17) is 9.26 Å². The monoisotopic (exact) mass is 445 g/mol. The van der Waals surface area contributed by atoms with Crippen LogP contribution >= 0.6 is 11.8 Å². The van der Waals surface area contributed by atoms with Gasteiger partial charge in [0.25, 0.3) is 11.8 Å². The number of carbonyl (C=O) groups is 1. The Morgan fingerprint density at radius 2 is 1.72 bits per heavy atom. The zero-order valence-corrected chi connectivity index (χ0v) is 18.9. The molecule has 0 aliphatic carbocycles. The molecule has 1 heterocycles. The molecule has 162 valence electrons. The molecule has 0 bridgehead atoms. The van der Waals surface area contributed by atoms with Crippen molar-refractivity contribution in [3.05, 3.63) is 77.9 Å². The Morgan fingerprint density at radius 1 is 1.00 bits per heavy atom. The average molecular weight is 446 g/mol. The van der Waals surface area contributed by atoms with Crippen LogP contribution in [0.2, 0.25) is 0 Å². The number of nitrogens with zero attached hydrogens (tertiary/aromatic N) is 2. The molecule has 7 heteroatoms. The van der Waals surface area contributed by atoms with Crippen LogP contribution in [0.25, 0.3) is 22.8 Å². The van der Waals surface area contributed by atoms with Crippen molar-refractivity contribution in [2.75, 3.05) is 18.2 Å². The van der Waals surface area contributed by atoms with E-state index < -0.39 is 0 Å². The molecule has 0 unspecified atom stereocenters. The van der Waals surface area contributed by atoms with Gasteiger partial charge in [0.05, 0.1) is 5.56 Å². The van der Waals surface area contributed by atoms with E-state index in [1.807, 2.05) is 80.8 Å². The highest BCUT2D eigenvalue weighted by Gasteiger charge is 2.16. The summed E-state index contributed by atoms with van der Waals surface area (Å²) in [6.07, 6.45) is 2.03. The van der Waals surface area contributed by atoms with Crippen molar-refractivity contribution in [3.63, 3.8) is 0 Å². The Balaban J connectivity index is 1.48. The van der Waals surface area contributed by atoms with Crippen LogP contribution in [-0.4, -0.2) is 28.9 Å². The van der Waals surface area contributed by atoms with Crippen molar-refractivity contribution in [3.8, 4) is 28.6 Å². The largest absolute Gasteiger partial charge is 0.483 e. The molecule has 0 atom stereocenters. The molecule has 4 aromatic rings. The van der Waals surface area contributed by atoms with E-state index in [-0.39, 0.29) is 12.5 Å². The first kappa shape index (κ1) is 21.6. The van der Waals surface area contributed by atoms with Crippen molar-refractivity contribution in [2.24, 2.45) is 0 Å². The Morgan fingerprint density at radius 3 is 2.44 bits per heavy atom. The third-order valence-corrected chi connectivity index (χ3v) is 5.74. The highest BCUT2D eigenvalue weighted by molar-refractivity contribution is 7.98. The van der Waals surface area contributed by atoms with Crippen molar-refractivity contribution < 1.29 is 14.1 Å². The summed E-state index contributed by atoms with van der Waals surface area (Å²) in [5.74, 6) is 1.09. The van der Waals surface area contributed by atoms with Gasteiger partial charge in [-0.1, -0.05) is 35.5 Å². The maximum atomic E-state index is 12.5. The highest BCUT2D eigenvalue weighted by atomic mass is 32.2. The van der Waals surface area contributed by atoms with Gasteiger partial charge >= 0.3 is 0 Å². The van der Waals surface area contributed by atoms with E-state index in [0.29, 0.717) is 23.0 Å². The molecule has 32 heavy (non-hydrogen) atoms. The summed E-state index contributed by atoms with van der Waals surface area (Å²) in [5, 5.41) is 7.03. The van der Waals surface area contributed by atoms with Crippen molar-refractivity contribution >= 4 is 23.4 Å². The first-order valence-corrected chi connectivity index (χ1v) is 11.3. The lowest BCUT2D eigenvalue weighted by atomic mass is 10.1. The first-order chi connectivity index (χ1) is 15.5. The highest BCUT2D eigenvalue weighted by Crippen LogP contribution is 2.30. The minimum atomic E-state index is -0.239. The number of amides is 1. The molecule has 0 fully saturated rings. The van der Waals surface area contributed by atoms with Crippen LogP contribution < -0.4 is 10.1 Å². The van der Waals surface area contributed by atoms with Gasteiger partial charge in [-0.3, -0.25) is 4.79 Å². The van der Waals surface area contributed by atoms with Crippen LogP contribution in [0.3, 0.4) is 0 Å². The van der Waals surface area contributed by atoms with E-state index in [1.165, 1.54) is 0 Å². The number of nitrogens with one attached hydrogen (secondary N) is 1. The molecular weight excluding hydrogens is 422 g/mol. The fraction of sp³-hybridized carbons (Fsp3) is 0.160. The number of aromatic nitrogens is 2. The van der Waals surface area contributed by atoms with Gasteiger partial charge in [-0.05, 0) is 67.6 Å². The summed E-state index contributed by atoms with van der Waals surface area (Å²) in [6.45, 7) is 3.78. The van der Waals surface area contributed by atoms with Gasteiger partial charge in [-0.15, -0.1) is 11.8 Å². The van der Waals surface area contributed by atoms with E-state index in [0.717, 1.165) is 27.3 Å². The number of carbonyl (C=O) groups excluding carboxylic acids is 1. The average Bonchev–Trinajstić information content (AvgIpc) is 3.30. The summed E-state index contributed by atoms with van der Waals surface area (Å²) >= 11 is 1.67. The van der Waals surface area contributed by atoms with E-state index in [9.17, 15) is 4.79 Å². The van der Waals surface area contributed by atoms with Crippen LogP contribution in [0.5, 0.6) is 5.75 Å². The minimum Gasteiger partial charge on any atom is -0.483 e. The Bertz CT molecular complexity index is 1220. The van der Waals surface area contributed by atoms with Gasteiger partial charge in [0, 0.05) is 16.1 Å². The minimum absolute atomic E-state index is 0.137. The van der Waals surface area contributed by atoms with Gasteiger partial charge in [0.2, 0.25) is 5.82 Å². The van der Waals surface area contributed by atoms with E-state index >= 15 is 0 Å². The zero-order chi connectivity index (χ0) is 22.5. The molecule has 3 aromatic carbocycles. The number of ether oxygens (including phenoxy) is 1. The number of thioether (sulfide) groups is 1. The lowest BCUT2D eigenvalue weighted by Gasteiger charge is -2.13. The molecule has 4 rings (SSSR count). The van der Waals surface area contributed by atoms with Gasteiger partial charge in [-0.2, -0.15) is 4.98 Å². The first-order valence-electron chi connectivity index (χ1n) is 10.1. The Labute approximate surface area is 191 Å². The third kappa shape index (κ3) is 4.84. The molecular formula is C25H23N3O3S. The maximum absolute atomic E-state index is 12.5. The van der Waals surface area contributed by atoms with Crippen molar-refractivity contribution in [1.29, 1.82) is 0 Å². The summed E-state index contributed by atoms with van der Waals surface area (Å²) in [4.78, 5) is 18.2. The SMILES string of the molecule is CSc1ccc(-c2noc(-c3ccccc3OCC(=O)Nc3c(C)cccc3C)n2)cc1. The maximum Gasteiger partial charge on any atom is 0.262 e. The molecule has 1 aromatic heterocycles. The van der Waals surface area contributed by atoms with Crippen LogP contribution in [0.4, 0.5) is 5.69 Å². The number of hydrogen-bond acceptors (Lipinski definition) is 6. The van der Waals surface area contributed by atoms with Crippen LogP contribution in [0, 0.1) is 13.8 Å². The second-order valence-corrected chi connectivity index (χ2v) is 8.13. The van der Waals surface area contributed by atoms with Crippen molar-refractivity contribution in [2.45, 2.75) is 18.7 Å². The summed E-state index contributed by atoms with van der Waals surface area (Å²) < 4.78 is 11.3. The third-order valence-electron chi connectivity index (χ3n) is 5.00.